The molecule has 7 nitrogen and oxygen atoms in total. The van der Waals surface area contributed by atoms with Gasteiger partial charge in [0.05, 0.1) is 5.69 Å². The molecule has 0 spiro atoms. The summed E-state index contributed by atoms with van der Waals surface area (Å²) >= 11 is 0. The third kappa shape index (κ3) is 9.31. The number of benzene rings is 2. The molecular formula is C25H31FN2O5. The van der Waals surface area contributed by atoms with Gasteiger partial charge >= 0.3 is 5.97 Å². The number of amides is 2. The zero-order valence-corrected chi connectivity index (χ0v) is 19.2. The summed E-state index contributed by atoms with van der Waals surface area (Å²) in [4.78, 5) is 36.6. The number of ether oxygens (including phenoxy) is 2. The monoisotopic (exact) mass is 458 g/mol. The molecule has 0 aliphatic heterocycles. The molecule has 2 rings (SSSR count). The molecule has 2 aromatic rings. The highest BCUT2D eigenvalue weighted by Crippen LogP contribution is 2.19. The SMILES string of the molecule is CC(C)CCCC(C)NC(=O)COC(=O)c1ccccc1OCC(=O)Nc1ccccc1F. The lowest BCUT2D eigenvalue weighted by Gasteiger charge is -2.15. The van der Waals surface area contributed by atoms with Gasteiger partial charge in [-0.1, -0.05) is 51.0 Å². The quantitative estimate of drug-likeness (QED) is 0.462. The van der Waals surface area contributed by atoms with Crippen LogP contribution < -0.4 is 15.4 Å². The molecule has 0 aromatic heterocycles. The van der Waals surface area contributed by atoms with E-state index in [9.17, 15) is 18.8 Å². The summed E-state index contributed by atoms with van der Waals surface area (Å²) in [5.74, 6) is -1.56. The summed E-state index contributed by atoms with van der Waals surface area (Å²) in [6.45, 7) is 5.36. The van der Waals surface area contributed by atoms with E-state index in [0.29, 0.717) is 5.92 Å². The number of para-hydroxylation sites is 2. The van der Waals surface area contributed by atoms with Crippen LogP contribution in [0.25, 0.3) is 0 Å². The molecule has 2 aromatic carbocycles. The molecule has 8 heteroatoms. The zero-order chi connectivity index (χ0) is 24.2. The van der Waals surface area contributed by atoms with Crippen LogP contribution in [0.2, 0.25) is 0 Å². The first-order valence-electron chi connectivity index (χ1n) is 11.0. The van der Waals surface area contributed by atoms with E-state index in [1.54, 1.807) is 18.2 Å². The molecule has 2 N–H and O–H groups in total. The molecule has 2 amide bonds. The van der Waals surface area contributed by atoms with E-state index in [4.69, 9.17) is 9.47 Å². The van der Waals surface area contributed by atoms with Gasteiger partial charge < -0.3 is 20.1 Å². The van der Waals surface area contributed by atoms with Crippen molar-refractivity contribution in [1.82, 2.24) is 5.32 Å². The smallest absolute Gasteiger partial charge is 0.342 e. The predicted octanol–water partition coefficient (Wildman–Crippen LogP) is 4.33. The second kappa shape index (κ2) is 13.2. The van der Waals surface area contributed by atoms with Crippen molar-refractivity contribution < 1.29 is 28.2 Å². The number of nitrogens with one attached hydrogen (secondary N) is 2. The highest BCUT2D eigenvalue weighted by atomic mass is 19.1. The molecule has 178 valence electrons. The van der Waals surface area contributed by atoms with Crippen molar-refractivity contribution in [2.24, 2.45) is 5.92 Å². The van der Waals surface area contributed by atoms with Gasteiger partial charge in [-0.05, 0) is 43.5 Å². The van der Waals surface area contributed by atoms with Crippen LogP contribution in [0.4, 0.5) is 10.1 Å². The summed E-state index contributed by atoms with van der Waals surface area (Å²) in [6.07, 6.45) is 2.95. The summed E-state index contributed by atoms with van der Waals surface area (Å²) in [5, 5.41) is 5.21. The molecule has 0 saturated heterocycles. The Morgan fingerprint density at radius 3 is 2.33 bits per heavy atom. The van der Waals surface area contributed by atoms with Crippen LogP contribution in [-0.4, -0.2) is 37.0 Å². The maximum Gasteiger partial charge on any atom is 0.342 e. The Hall–Kier alpha value is -3.42. The summed E-state index contributed by atoms with van der Waals surface area (Å²) < 4.78 is 24.2. The van der Waals surface area contributed by atoms with Crippen LogP contribution in [0.3, 0.4) is 0 Å². The fourth-order valence-corrected chi connectivity index (χ4v) is 3.08. The minimum Gasteiger partial charge on any atom is -0.483 e. The lowest BCUT2D eigenvalue weighted by molar-refractivity contribution is -0.124. The molecule has 0 bridgehead atoms. The lowest BCUT2D eigenvalue weighted by atomic mass is 10.0. The van der Waals surface area contributed by atoms with Gasteiger partial charge in [-0.2, -0.15) is 0 Å². The van der Waals surface area contributed by atoms with E-state index in [-0.39, 0.29) is 28.9 Å². The van der Waals surface area contributed by atoms with Gasteiger partial charge in [-0.25, -0.2) is 9.18 Å². The second-order valence-electron chi connectivity index (χ2n) is 8.18. The number of anilines is 1. The first-order chi connectivity index (χ1) is 15.8. The van der Waals surface area contributed by atoms with Crippen molar-refractivity contribution in [1.29, 1.82) is 0 Å². The molecule has 0 heterocycles. The fraction of sp³-hybridized carbons (Fsp3) is 0.400. The largest absolute Gasteiger partial charge is 0.483 e. The van der Waals surface area contributed by atoms with Crippen molar-refractivity contribution in [3.63, 3.8) is 0 Å². The maximum absolute atomic E-state index is 13.7. The topological polar surface area (TPSA) is 93.7 Å². The number of halogens is 1. The van der Waals surface area contributed by atoms with Crippen LogP contribution in [0.15, 0.2) is 48.5 Å². The number of hydrogen-bond acceptors (Lipinski definition) is 5. The Morgan fingerprint density at radius 2 is 1.61 bits per heavy atom. The maximum atomic E-state index is 13.7. The lowest BCUT2D eigenvalue weighted by Crippen LogP contribution is -2.35. The van der Waals surface area contributed by atoms with E-state index in [1.807, 2.05) is 6.92 Å². The predicted molar refractivity (Wildman–Crippen MR) is 124 cm³/mol. The number of carbonyl (C=O) groups is 3. The Balaban J connectivity index is 1.83. The third-order valence-corrected chi connectivity index (χ3v) is 4.77. The molecule has 1 atom stereocenters. The summed E-state index contributed by atoms with van der Waals surface area (Å²) in [7, 11) is 0. The van der Waals surface area contributed by atoms with E-state index in [2.05, 4.69) is 24.5 Å². The van der Waals surface area contributed by atoms with Crippen molar-refractivity contribution in [2.75, 3.05) is 18.5 Å². The van der Waals surface area contributed by atoms with Crippen LogP contribution in [-0.2, 0) is 14.3 Å². The summed E-state index contributed by atoms with van der Waals surface area (Å²) in [6, 6.07) is 12.0. The van der Waals surface area contributed by atoms with Crippen molar-refractivity contribution in [3.05, 3.63) is 59.9 Å². The number of esters is 1. The van der Waals surface area contributed by atoms with E-state index < -0.39 is 30.9 Å². The normalized spacial score (nSPS) is 11.5. The van der Waals surface area contributed by atoms with E-state index >= 15 is 0 Å². The molecule has 1 unspecified atom stereocenters. The molecule has 0 aliphatic carbocycles. The molecule has 33 heavy (non-hydrogen) atoms. The van der Waals surface area contributed by atoms with Gasteiger partial charge in [0.25, 0.3) is 11.8 Å². The van der Waals surface area contributed by atoms with E-state index in [1.165, 1.54) is 30.3 Å². The highest BCUT2D eigenvalue weighted by molar-refractivity contribution is 5.95. The van der Waals surface area contributed by atoms with Crippen molar-refractivity contribution in [3.8, 4) is 5.75 Å². The van der Waals surface area contributed by atoms with Crippen LogP contribution in [0.1, 0.15) is 50.4 Å². The molecule has 0 saturated carbocycles. The minimum absolute atomic E-state index is 0.0152. The van der Waals surface area contributed by atoms with Crippen LogP contribution in [0.5, 0.6) is 5.75 Å². The van der Waals surface area contributed by atoms with Gasteiger partial charge in [-0.15, -0.1) is 0 Å². The average molecular weight is 459 g/mol. The van der Waals surface area contributed by atoms with Gasteiger partial charge in [0.1, 0.15) is 17.1 Å². The highest BCUT2D eigenvalue weighted by Gasteiger charge is 2.17. The standard InChI is InChI=1S/C25H31FN2O5/c1-17(2)9-8-10-18(3)27-23(29)16-33-25(31)19-11-4-7-14-22(19)32-15-24(30)28-21-13-6-5-12-20(21)26/h4-7,11-14,17-18H,8-10,15-16H2,1-3H3,(H,27,29)(H,28,30). The van der Waals surface area contributed by atoms with Gasteiger partial charge in [0.2, 0.25) is 0 Å². The second-order valence-corrected chi connectivity index (χ2v) is 8.18. The molecule has 0 aliphatic rings. The zero-order valence-electron chi connectivity index (χ0n) is 19.2. The number of rotatable bonds is 12. The van der Waals surface area contributed by atoms with Gasteiger partial charge in [0, 0.05) is 6.04 Å². The molecule has 0 radical (unpaired) electrons. The van der Waals surface area contributed by atoms with Gasteiger partial charge in [0.15, 0.2) is 13.2 Å². The summed E-state index contributed by atoms with van der Waals surface area (Å²) in [5.41, 5.74) is 0.109. The van der Waals surface area contributed by atoms with Crippen molar-refractivity contribution in [2.45, 2.75) is 46.1 Å². The number of carbonyl (C=O) groups excluding carboxylic acids is 3. The molecule has 0 fully saturated rings. The Bertz CT molecular complexity index is 948. The Morgan fingerprint density at radius 1 is 0.909 bits per heavy atom. The van der Waals surface area contributed by atoms with E-state index in [0.717, 1.165) is 19.3 Å². The fourth-order valence-electron chi connectivity index (χ4n) is 3.08. The average Bonchev–Trinajstić information content (AvgIpc) is 2.77. The Labute approximate surface area is 193 Å². The van der Waals surface area contributed by atoms with Crippen molar-refractivity contribution >= 4 is 23.5 Å². The minimum atomic E-state index is -0.747. The van der Waals surface area contributed by atoms with Crippen LogP contribution in [0, 0.1) is 11.7 Å². The first kappa shape index (κ1) is 25.8. The van der Waals surface area contributed by atoms with Gasteiger partial charge in [-0.3, -0.25) is 9.59 Å². The van der Waals surface area contributed by atoms with Crippen LogP contribution >= 0.6 is 0 Å². The third-order valence-electron chi connectivity index (χ3n) is 4.77. The first-order valence-corrected chi connectivity index (χ1v) is 11.0. The Kier molecular flexibility index (Phi) is 10.3. The molecular weight excluding hydrogens is 427 g/mol. The number of hydrogen-bond donors (Lipinski definition) is 2.